The number of amides is 1. The second-order valence-electron chi connectivity index (χ2n) is 4.62. The molecule has 1 aliphatic carbocycles. The minimum atomic E-state index is -0.342. The molecule has 1 rings (SSSR count). The van der Waals surface area contributed by atoms with Gasteiger partial charge in [0.1, 0.15) is 6.61 Å². The predicted molar refractivity (Wildman–Crippen MR) is 67.1 cm³/mol. The summed E-state index contributed by atoms with van der Waals surface area (Å²) in [7, 11) is 1.55. The lowest BCUT2D eigenvalue weighted by molar-refractivity contribution is -0.146. The van der Waals surface area contributed by atoms with E-state index in [9.17, 15) is 9.59 Å². The highest BCUT2D eigenvalue weighted by molar-refractivity contribution is 5.81. The molecule has 1 aliphatic rings. The Bertz CT molecular complexity index is 262. The predicted octanol–water partition coefficient (Wildman–Crippen LogP) is 1.41. The molecule has 0 bridgehead atoms. The van der Waals surface area contributed by atoms with Crippen molar-refractivity contribution in [1.82, 2.24) is 5.32 Å². The molecule has 104 valence electrons. The first-order chi connectivity index (χ1) is 8.72. The maximum Gasteiger partial charge on any atom is 0.306 e. The molecule has 0 aliphatic heterocycles. The third kappa shape index (κ3) is 6.59. The highest BCUT2D eigenvalue weighted by Gasteiger charge is 2.16. The van der Waals surface area contributed by atoms with Crippen LogP contribution in [0.15, 0.2) is 0 Å². The van der Waals surface area contributed by atoms with Gasteiger partial charge in [0.15, 0.2) is 0 Å². The first-order valence-electron chi connectivity index (χ1n) is 6.66. The Morgan fingerprint density at radius 1 is 1.11 bits per heavy atom. The van der Waals surface area contributed by atoms with Crippen molar-refractivity contribution < 1.29 is 19.1 Å². The summed E-state index contributed by atoms with van der Waals surface area (Å²) in [5.74, 6) is -0.392. The molecule has 1 saturated carbocycles. The smallest absolute Gasteiger partial charge is 0.306 e. The summed E-state index contributed by atoms with van der Waals surface area (Å²) in [5, 5.41) is 2.97. The second-order valence-corrected chi connectivity index (χ2v) is 4.62. The van der Waals surface area contributed by atoms with E-state index in [0.29, 0.717) is 12.6 Å². The summed E-state index contributed by atoms with van der Waals surface area (Å²) in [6.07, 6.45) is 6.10. The maximum absolute atomic E-state index is 11.6. The molecular weight excluding hydrogens is 234 g/mol. The number of carbonyl (C=O) groups is 2. The van der Waals surface area contributed by atoms with E-state index >= 15 is 0 Å². The standard InChI is InChI=1S/C13H23NO4/c1-17-9-10-18-13(16)8-7-12(15)14-11-5-3-2-4-6-11/h11H,2-10H2,1H3,(H,14,15). The topological polar surface area (TPSA) is 64.6 Å². The summed E-state index contributed by atoms with van der Waals surface area (Å²) in [6, 6.07) is 0.302. The normalized spacial score (nSPS) is 16.3. The van der Waals surface area contributed by atoms with Crippen LogP contribution >= 0.6 is 0 Å². The molecule has 5 nitrogen and oxygen atoms in total. The van der Waals surface area contributed by atoms with Gasteiger partial charge in [0.05, 0.1) is 13.0 Å². The third-order valence-electron chi connectivity index (χ3n) is 3.08. The molecule has 0 atom stereocenters. The van der Waals surface area contributed by atoms with Crippen LogP contribution in [0.1, 0.15) is 44.9 Å². The van der Waals surface area contributed by atoms with Crippen LogP contribution in [0.25, 0.3) is 0 Å². The van der Waals surface area contributed by atoms with Crippen molar-refractivity contribution in [1.29, 1.82) is 0 Å². The van der Waals surface area contributed by atoms with E-state index < -0.39 is 0 Å². The van der Waals surface area contributed by atoms with Crippen LogP contribution in [0.3, 0.4) is 0 Å². The zero-order chi connectivity index (χ0) is 13.2. The summed E-state index contributed by atoms with van der Waals surface area (Å²) in [4.78, 5) is 22.9. The van der Waals surface area contributed by atoms with Crippen LogP contribution in [-0.2, 0) is 19.1 Å². The summed E-state index contributed by atoms with van der Waals surface area (Å²) in [6.45, 7) is 0.638. The Labute approximate surface area is 108 Å². The molecule has 0 heterocycles. The number of nitrogens with one attached hydrogen (secondary N) is 1. The minimum absolute atomic E-state index is 0.0504. The highest BCUT2D eigenvalue weighted by atomic mass is 16.6. The number of rotatable bonds is 7. The van der Waals surface area contributed by atoms with E-state index in [1.54, 1.807) is 7.11 Å². The Kier molecular flexibility index (Phi) is 7.41. The monoisotopic (exact) mass is 257 g/mol. The van der Waals surface area contributed by atoms with Crippen molar-refractivity contribution >= 4 is 11.9 Å². The molecule has 0 radical (unpaired) electrons. The lowest BCUT2D eigenvalue weighted by Crippen LogP contribution is -2.36. The van der Waals surface area contributed by atoms with Gasteiger partial charge in [-0.15, -0.1) is 0 Å². The lowest BCUT2D eigenvalue weighted by atomic mass is 9.95. The van der Waals surface area contributed by atoms with Gasteiger partial charge in [-0.3, -0.25) is 9.59 Å². The first-order valence-corrected chi connectivity index (χ1v) is 6.66. The van der Waals surface area contributed by atoms with Crippen LogP contribution < -0.4 is 5.32 Å². The molecular formula is C13H23NO4. The van der Waals surface area contributed by atoms with Gasteiger partial charge in [0.2, 0.25) is 5.91 Å². The summed E-state index contributed by atoms with van der Waals surface area (Å²) >= 11 is 0. The molecule has 0 aromatic carbocycles. The number of esters is 1. The first kappa shape index (κ1) is 15.0. The molecule has 0 saturated heterocycles. The zero-order valence-electron chi connectivity index (χ0n) is 11.1. The van der Waals surface area contributed by atoms with Crippen molar-refractivity contribution in [2.24, 2.45) is 0 Å². The molecule has 18 heavy (non-hydrogen) atoms. The third-order valence-corrected chi connectivity index (χ3v) is 3.08. The molecule has 1 fully saturated rings. The van der Waals surface area contributed by atoms with Gasteiger partial charge < -0.3 is 14.8 Å². The minimum Gasteiger partial charge on any atom is -0.463 e. The van der Waals surface area contributed by atoms with E-state index in [1.165, 1.54) is 19.3 Å². The molecule has 0 unspecified atom stereocenters. The maximum atomic E-state index is 11.6. The van der Waals surface area contributed by atoms with Crippen molar-refractivity contribution in [3.8, 4) is 0 Å². The van der Waals surface area contributed by atoms with Gasteiger partial charge in [-0.2, -0.15) is 0 Å². The summed E-state index contributed by atoms with van der Waals surface area (Å²) < 4.78 is 9.64. The lowest BCUT2D eigenvalue weighted by Gasteiger charge is -2.22. The molecule has 5 heteroatoms. The molecule has 1 amide bonds. The van der Waals surface area contributed by atoms with Gasteiger partial charge in [0.25, 0.3) is 0 Å². The van der Waals surface area contributed by atoms with Crippen LogP contribution in [0.5, 0.6) is 0 Å². The van der Waals surface area contributed by atoms with Crippen LogP contribution in [-0.4, -0.2) is 38.2 Å². The van der Waals surface area contributed by atoms with Gasteiger partial charge in [-0.1, -0.05) is 19.3 Å². The van der Waals surface area contributed by atoms with E-state index in [1.807, 2.05) is 0 Å². The largest absolute Gasteiger partial charge is 0.463 e. The Balaban J connectivity index is 2.06. The van der Waals surface area contributed by atoms with Crippen molar-refractivity contribution in [2.45, 2.75) is 51.0 Å². The van der Waals surface area contributed by atoms with Crippen LogP contribution in [0.4, 0.5) is 0 Å². The van der Waals surface area contributed by atoms with Gasteiger partial charge in [-0.25, -0.2) is 0 Å². The van der Waals surface area contributed by atoms with Crippen molar-refractivity contribution in [3.05, 3.63) is 0 Å². The van der Waals surface area contributed by atoms with Crippen LogP contribution in [0.2, 0.25) is 0 Å². The highest BCUT2D eigenvalue weighted by Crippen LogP contribution is 2.17. The Hall–Kier alpha value is -1.10. The van der Waals surface area contributed by atoms with Gasteiger partial charge in [0, 0.05) is 19.6 Å². The van der Waals surface area contributed by atoms with E-state index in [4.69, 9.17) is 9.47 Å². The number of hydrogen-bond acceptors (Lipinski definition) is 4. The zero-order valence-corrected chi connectivity index (χ0v) is 11.1. The average Bonchev–Trinajstić information content (AvgIpc) is 2.38. The summed E-state index contributed by atoms with van der Waals surface area (Å²) in [5.41, 5.74) is 0. The number of methoxy groups -OCH3 is 1. The number of ether oxygens (including phenoxy) is 2. The van der Waals surface area contributed by atoms with Crippen molar-refractivity contribution in [3.63, 3.8) is 0 Å². The van der Waals surface area contributed by atoms with E-state index in [-0.39, 0.29) is 31.3 Å². The Morgan fingerprint density at radius 3 is 2.50 bits per heavy atom. The quantitative estimate of drug-likeness (QED) is 0.553. The second kappa shape index (κ2) is 8.91. The van der Waals surface area contributed by atoms with E-state index in [0.717, 1.165) is 12.8 Å². The molecule has 0 spiro atoms. The average molecular weight is 257 g/mol. The number of hydrogen-bond donors (Lipinski definition) is 1. The fraction of sp³-hybridized carbons (Fsp3) is 0.846. The molecule has 0 aromatic heterocycles. The van der Waals surface area contributed by atoms with Gasteiger partial charge in [-0.05, 0) is 12.8 Å². The fourth-order valence-corrected chi connectivity index (χ4v) is 2.07. The number of carbonyl (C=O) groups excluding carboxylic acids is 2. The van der Waals surface area contributed by atoms with Crippen molar-refractivity contribution in [2.75, 3.05) is 20.3 Å². The molecule has 0 aromatic rings. The fourth-order valence-electron chi connectivity index (χ4n) is 2.07. The van der Waals surface area contributed by atoms with Gasteiger partial charge >= 0.3 is 5.97 Å². The molecule has 1 N–H and O–H groups in total. The van der Waals surface area contributed by atoms with E-state index in [2.05, 4.69) is 5.32 Å². The van der Waals surface area contributed by atoms with Crippen LogP contribution in [0, 0.1) is 0 Å². The SMILES string of the molecule is COCCOC(=O)CCC(=O)NC1CCCCC1. The Morgan fingerprint density at radius 2 is 1.83 bits per heavy atom.